The van der Waals surface area contributed by atoms with Crippen LogP contribution in [0.1, 0.15) is 0 Å². The van der Waals surface area contributed by atoms with Crippen LogP contribution in [0.4, 0.5) is 8.78 Å². The van der Waals surface area contributed by atoms with Crippen LogP contribution >= 0.6 is 0 Å². The molecule has 0 aliphatic rings. The molecule has 5 aromatic rings. The van der Waals surface area contributed by atoms with Gasteiger partial charge in [-0.3, -0.25) is 0 Å². The highest BCUT2D eigenvalue weighted by molar-refractivity contribution is 5.88. The molecule has 5 rings (SSSR count). The molecule has 0 saturated carbocycles. The summed E-state index contributed by atoms with van der Waals surface area (Å²) < 4.78 is 27.0. The maximum absolute atomic E-state index is 13.5. The quantitative estimate of drug-likeness (QED) is 0.445. The third-order valence-corrected chi connectivity index (χ3v) is 5.03. The van der Waals surface area contributed by atoms with E-state index in [2.05, 4.69) is 10.2 Å². The zero-order valence-electron chi connectivity index (χ0n) is 16.8. The first kappa shape index (κ1) is 19.9. The summed E-state index contributed by atoms with van der Waals surface area (Å²) in [6.07, 6.45) is 1.62. The monoisotopic (exact) mass is 429 g/mol. The first-order valence-electron chi connectivity index (χ1n) is 9.96. The van der Waals surface area contributed by atoms with E-state index in [9.17, 15) is 8.78 Å². The molecule has 0 amide bonds. The lowest BCUT2D eigenvalue weighted by atomic mass is 10.0. The van der Waals surface area contributed by atoms with E-state index >= 15 is 0 Å². The van der Waals surface area contributed by atoms with E-state index in [0.29, 0.717) is 45.8 Å². The fraction of sp³-hybridized carbons (Fsp3) is 0.0833. The molecule has 0 spiro atoms. The fourth-order valence-corrected chi connectivity index (χ4v) is 3.46. The SMILES string of the molecule is OCCn1ncc(-c2ccc3nc(-c4ccc(F)cc4)c(-c4ccc(F)cc4)nc3c2)n1. The van der Waals surface area contributed by atoms with E-state index in [4.69, 9.17) is 15.1 Å². The second kappa shape index (κ2) is 8.24. The molecule has 0 aliphatic heterocycles. The molecule has 158 valence electrons. The number of nitrogens with zero attached hydrogens (tertiary/aromatic N) is 5. The smallest absolute Gasteiger partial charge is 0.123 e. The zero-order chi connectivity index (χ0) is 22.1. The number of aliphatic hydroxyl groups is 1. The zero-order valence-corrected chi connectivity index (χ0v) is 16.8. The van der Waals surface area contributed by atoms with Crippen LogP contribution in [0, 0.1) is 11.6 Å². The lowest BCUT2D eigenvalue weighted by molar-refractivity contribution is 0.260. The summed E-state index contributed by atoms with van der Waals surface area (Å²) in [6, 6.07) is 17.6. The van der Waals surface area contributed by atoms with Gasteiger partial charge in [0.25, 0.3) is 0 Å². The van der Waals surface area contributed by atoms with Crippen molar-refractivity contribution in [3.63, 3.8) is 0 Å². The second-order valence-electron chi connectivity index (χ2n) is 7.19. The van der Waals surface area contributed by atoms with E-state index < -0.39 is 0 Å². The Morgan fingerprint density at radius 1 is 0.719 bits per heavy atom. The Morgan fingerprint density at radius 2 is 1.28 bits per heavy atom. The molecule has 3 aromatic carbocycles. The maximum Gasteiger partial charge on any atom is 0.123 e. The molecular formula is C24H17F2N5O. The minimum Gasteiger partial charge on any atom is -0.394 e. The largest absolute Gasteiger partial charge is 0.394 e. The van der Waals surface area contributed by atoms with E-state index in [1.165, 1.54) is 29.1 Å². The fourth-order valence-electron chi connectivity index (χ4n) is 3.46. The molecule has 2 heterocycles. The van der Waals surface area contributed by atoms with Crippen molar-refractivity contribution in [1.29, 1.82) is 0 Å². The van der Waals surface area contributed by atoms with Gasteiger partial charge in [-0.25, -0.2) is 18.7 Å². The van der Waals surface area contributed by atoms with Crippen molar-refractivity contribution < 1.29 is 13.9 Å². The molecule has 0 unspecified atom stereocenters. The van der Waals surface area contributed by atoms with Crippen LogP contribution in [-0.4, -0.2) is 36.7 Å². The predicted molar refractivity (Wildman–Crippen MR) is 116 cm³/mol. The molecular weight excluding hydrogens is 412 g/mol. The molecule has 6 nitrogen and oxygen atoms in total. The molecule has 1 N–H and O–H groups in total. The third-order valence-electron chi connectivity index (χ3n) is 5.03. The molecule has 2 aromatic heterocycles. The van der Waals surface area contributed by atoms with Gasteiger partial charge in [-0.2, -0.15) is 15.0 Å². The highest BCUT2D eigenvalue weighted by atomic mass is 19.1. The number of halogens is 2. The van der Waals surface area contributed by atoms with Gasteiger partial charge in [-0.1, -0.05) is 6.07 Å². The predicted octanol–water partition coefficient (Wildman–Crippen LogP) is 4.49. The van der Waals surface area contributed by atoms with Crippen LogP contribution in [0.5, 0.6) is 0 Å². The van der Waals surface area contributed by atoms with Gasteiger partial charge in [0.2, 0.25) is 0 Å². The first-order valence-corrected chi connectivity index (χ1v) is 9.96. The lowest BCUT2D eigenvalue weighted by Gasteiger charge is -2.11. The highest BCUT2D eigenvalue weighted by Gasteiger charge is 2.15. The van der Waals surface area contributed by atoms with Crippen molar-refractivity contribution in [3.05, 3.63) is 84.6 Å². The van der Waals surface area contributed by atoms with Crippen LogP contribution in [0.15, 0.2) is 72.9 Å². The summed E-state index contributed by atoms with van der Waals surface area (Å²) in [5.74, 6) is -0.691. The standard InChI is InChI=1S/C24H17F2N5O/c25-18-6-1-15(2-7-18)23-24(16-3-8-19(26)9-4-16)29-21-13-17(5-10-20(21)28-23)22-14-27-31(30-22)11-12-32/h1-10,13-14,32H,11-12H2. The van der Waals surface area contributed by atoms with Crippen LogP contribution < -0.4 is 0 Å². The van der Waals surface area contributed by atoms with Crippen molar-refractivity contribution in [2.24, 2.45) is 0 Å². The third kappa shape index (κ3) is 3.83. The van der Waals surface area contributed by atoms with Gasteiger partial charge >= 0.3 is 0 Å². The number of hydrogen-bond donors (Lipinski definition) is 1. The Bertz CT molecular complexity index is 1400. The number of fused-ring (bicyclic) bond motifs is 1. The number of aromatic nitrogens is 5. The Labute approximate surface area is 181 Å². The van der Waals surface area contributed by atoms with Gasteiger partial charge in [0.05, 0.1) is 41.8 Å². The van der Waals surface area contributed by atoms with Crippen molar-refractivity contribution in [1.82, 2.24) is 25.0 Å². The van der Waals surface area contributed by atoms with Gasteiger partial charge in [-0.05, 0) is 60.7 Å². The number of aliphatic hydroxyl groups excluding tert-OH is 1. The molecule has 0 radical (unpaired) electrons. The Balaban J connectivity index is 1.67. The minimum absolute atomic E-state index is 0.0511. The van der Waals surface area contributed by atoms with Crippen molar-refractivity contribution in [2.45, 2.75) is 6.54 Å². The molecule has 0 bridgehead atoms. The summed E-state index contributed by atoms with van der Waals surface area (Å²) >= 11 is 0. The molecule has 0 fully saturated rings. The topological polar surface area (TPSA) is 76.7 Å². The second-order valence-corrected chi connectivity index (χ2v) is 7.19. The Kier molecular flexibility index (Phi) is 5.12. The first-order chi connectivity index (χ1) is 15.6. The summed E-state index contributed by atoms with van der Waals surface area (Å²) in [7, 11) is 0. The van der Waals surface area contributed by atoms with Crippen LogP contribution in [-0.2, 0) is 6.54 Å². The van der Waals surface area contributed by atoms with E-state index in [-0.39, 0.29) is 18.2 Å². The molecule has 0 aliphatic carbocycles. The summed E-state index contributed by atoms with van der Waals surface area (Å²) in [5, 5.41) is 17.6. The maximum atomic E-state index is 13.5. The van der Waals surface area contributed by atoms with Gasteiger partial charge in [-0.15, -0.1) is 0 Å². The van der Waals surface area contributed by atoms with Crippen molar-refractivity contribution in [3.8, 4) is 33.8 Å². The molecule has 0 saturated heterocycles. The van der Waals surface area contributed by atoms with E-state index in [0.717, 1.165) is 5.56 Å². The Morgan fingerprint density at radius 3 is 1.88 bits per heavy atom. The minimum atomic E-state index is -0.348. The number of rotatable bonds is 5. The normalized spacial score (nSPS) is 11.2. The molecule has 0 atom stereocenters. The van der Waals surface area contributed by atoms with Crippen molar-refractivity contribution in [2.75, 3.05) is 6.61 Å². The number of benzene rings is 3. The summed E-state index contributed by atoms with van der Waals surface area (Å²) in [6.45, 7) is 0.258. The average Bonchev–Trinajstić information content (AvgIpc) is 3.28. The van der Waals surface area contributed by atoms with E-state index in [1.54, 1.807) is 30.5 Å². The number of hydrogen-bond acceptors (Lipinski definition) is 5. The average molecular weight is 429 g/mol. The molecule has 8 heteroatoms. The summed E-state index contributed by atoms with van der Waals surface area (Å²) in [4.78, 5) is 11.0. The van der Waals surface area contributed by atoms with Crippen LogP contribution in [0.25, 0.3) is 44.8 Å². The lowest BCUT2D eigenvalue weighted by Crippen LogP contribution is -2.05. The summed E-state index contributed by atoms with van der Waals surface area (Å²) in [5.41, 5.74) is 5.27. The Hall–Kier alpha value is -4.04. The van der Waals surface area contributed by atoms with Gasteiger partial charge in [0.1, 0.15) is 17.3 Å². The van der Waals surface area contributed by atoms with Gasteiger partial charge < -0.3 is 5.11 Å². The molecule has 32 heavy (non-hydrogen) atoms. The highest BCUT2D eigenvalue weighted by Crippen LogP contribution is 2.32. The van der Waals surface area contributed by atoms with Crippen molar-refractivity contribution >= 4 is 11.0 Å². The van der Waals surface area contributed by atoms with Gasteiger partial charge in [0, 0.05) is 16.7 Å². The van der Waals surface area contributed by atoms with Crippen LogP contribution in [0.3, 0.4) is 0 Å². The van der Waals surface area contributed by atoms with E-state index in [1.807, 2.05) is 18.2 Å². The van der Waals surface area contributed by atoms with Gasteiger partial charge in [0.15, 0.2) is 0 Å². The van der Waals surface area contributed by atoms with Crippen LogP contribution in [0.2, 0.25) is 0 Å².